The van der Waals surface area contributed by atoms with E-state index in [-0.39, 0.29) is 18.1 Å². The molecule has 0 aromatic heterocycles. The number of nitrogens with one attached hydrogen (secondary N) is 1. The van der Waals surface area contributed by atoms with Gasteiger partial charge >= 0.3 is 0 Å². The van der Waals surface area contributed by atoms with Gasteiger partial charge in [0.1, 0.15) is 0 Å². The van der Waals surface area contributed by atoms with Crippen LogP contribution in [0, 0.1) is 5.92 Å². The highest BCUT2D eigenvalue weighted by atomic mass is 16.5. The number of amides is 1. The zero-order valence-electron chi connectivity index (χ0n) is 10.9. The molecule has 0 saturated carbocycles. The molecule has 2 atom stereocenters. The molecule has 4 heteroatoms. The van der Waals surface area contributed by atoms with E-state index < -0.39 is 0 Å². The maximum atomic E-state index is 12.3. The summed E-state index contributed by atoms with van der Waals surface area (Å²) in [6.45, 7) is 4.92. The monoisotopic (exact) mass is 240 g/mol. The van der Waals surface area contributed by atoms with Gasteiger partial charge in [0.25, 0.3) is 0 Å². The average molecular weight is 240 g/mol. The van der Waals surface area contributed by atoms with Gasteiger partial charge in [-0.25, -0.2) is 0 Å². The molecule has 98 valence electrons. The lowest BCUT2D eigenvalue weighted by Gasteiger charge is -2.33. The molecule has 2 unspecified atom stereocenters. The molecule has 2 fully saturated rings. The van der Waals surface area contributed by atoms with E-state index in [1.54, 1.807) is 7.11 Å². The van der Waals surface area contributed by atoms with E-state index in [1.807, 2.05) is 4.90 Å². The summed E-state index contributed by atoms with van der Waals surface area (Å²) in [7, 11) is 1.71. The van der Waals surface area contributed by atoms with Gasteiger partial charge in [0.05, 0.1) is 12.1 Å². The number of likely N-dealkylation sites (tertiary alicyclic amines) is 1. The molecule has 2 rings (SSSR count). The number of piperidine rings is 1. The van der Waals surface area contributed by atoms with Crippen LogP contribution in [0.3, 0.4) is 0 Å². The Kier molecular flexibility index (Phi) is 4.40. The molecule has 2 saturated heterocycles. The van der Waals surface area contributed by atoms with E-state index in [4.69, 9.17) is 4.74 Å². The Morgan fingerprint density at radius 2 is 2.12 bits per heavy atom. The molecule has 0 aromatic carbocycles. The highest BCUT2D eigenvalue weighted by molar-refractivity contribution is 5.82. The van der Waals surface area contributed by atoms with E-state index in [0.717, 1.165) is 32.0 Å². The maximum absolute atomic E-state index is 12.3. The van der Waals surface area contributed by atoms with E-state index >= 15 is 0 Å². The minimum absolute atomic E-state index is 0.0156. The van der Waals surface area contributed by atoms with Crippen molar-refractivity contribution in [3.05, 3.63) is 0 Å². The van der Waals surface area contributed by atoms with Gasteiger partial charge in [-0.2, -0.15) is 0 Å². The second-order valence-electron chi connectivity index (χ2n) is 5.23. The van der Waals surface area contributed by atoms with Crippen LogP contribution in [0.5, 0.6) is 0 Å². The van der Waals surface area contributed by atoms with Crippen molar-refractivity contribution in [3.8, 4) is 0 Å². The Labute approximate surface area is 104 Å². The van der Waals surface area contributed by atoms with Crippen LogP contribution in [-0.4, -0.2) is 49.7 Å². The van der Waals surface area contributed by atoms with Crippen LogP contribution in [0.4, 0.5) is 0 Å². The van der Waals surface area contributed by atoms with Crippen LogP contribution in [0.25, 0.3) is 0 Å². The van der Waals surface area contributed by atoms with Crippen LogP contribution in [0.2, 0.25) is 0 Å². The van der Waals surface area contributed by atoms with Gasteiger partial charge in [0.15, 0.2) is 0 Å². The molecule has 0 bridgehead atoms. The third-order valence-electron chi connectivity index (χ3n) is 4.23. The SMILES string of the molecule is CCC1CCN(C(=O)C2CC(OC)CN2)CC1. The first kappa shape index (κ1) is 12.8. The summed E-state index contributed by atoms with van der Waals surface area (Å²) in [6.07, 6.45) is 4.61. The number of nitrogens with zero attached hydrogens (tertiary/aromatic N) is 1. The second-order valence-corrected chi connectivity index (χ2v) is 5.23. The van der Waals surface area contributed by atoms with Crippen LogP contribution in [-0.2, 0) is 9.53 Å². The summed E-state index contributed by atoms with van der Waals surface area (Å²) in [6, 6.07) is -0.0156. The first-order valence-corrected chi connectivity index (χ1v) is 6.79. The summed E-state index contributed by atoms with van der Waals surface area (Å²) >= 11 is 0. The number of hydrogen-bond acceptors (Lipinski definition) is 3. The Morgan fingerprint density at radius 3 is 2.65 bits per heavy atom. The van der Waals surface area contributed by atoms with Gasteiger partial charge in [-0.05, 0) is 25.2 Å². The molecular weight excluding hydrogens is 216 g/mol. The topological polar surface area (TPSA) is 41.6 Å². The molecule has 4 nitrogen and oxygen atoms in total. The van der Waals surface area contributed by atoms with Crippen LogP contribution < -0.4 is 5.32 Å². The van der Waals surface area contributed by atoms with E-state index in [9.17, 15) is 4.79 Å². The van der Waals surface area contributed by atoms with Gasteiger partial charge in [-0.1, -0.05) is 13.3 Å². The van der Waals surface area contributed by atoms with Crippen molar-refractivity contribution in [2.24, 2.45) is 5.92 Å². The molecule has 2 aliphatic rings. The third-order valence-corrected chi connectivity index (χ3v) is 4.23. The summed E-state index contributed by atoms with van der Waals surface area (Å²) in [5.74, 6) is 1.10. The number of methoxy groups -OCH3 is 1. The normalized spacial score (nSPS) is 30.8. The first-order valence-electron chi connectivity index (χ1n) is 6.79. The molecule has 2 aliphatic heterocycles. The molecule has 1 N–H and O–H groups in total. The standard InChI is InChI=1S/C13H24N2O2/c1-3-10-4-6-15(7-5-10)13(16)12-8-11(17-2)9-14-12/h10-12,14H,3-9H2,1-2H3. The van der Waals surface area contributed by atoms with E-state index in [0.29, 0.717) is 0 Å². The van der Waals surface area contributed by atoms with E-state index in [1.165, 1.54) is 19.3 Å². The van der Waals surface area contributed by atoms with Crippen molar-refractivity contribution in [3.63, 3.8) is 0 Å². The van der Waals surface area contributed by atoms with Gasteiger partial charge in [0, 0.05) is 26.7 Å². The van der Waals surface area contributed by atoms with Gasteiger partial charge in [-0.3, -0.25) is 4.79 Å². The minimum Gasteiger partial charge on any atom is -0.380 e. The van der Waals surface area contributed by atoms with E-state index in [2.05, 4.69) is 12.2 Å². The molecule has 0 radical (unpaired) electrons. The number of carbonyl (C=O) groups excluding carboxylic acids is 1. The molecule has 17 heavy (non-hydrogen) atoms. The lowest BCUT2D eigenvalue weighted by atomic mass is 9.94. The Hall–Kier alpha value is -0.610. The zero-order chi connectivity index (χ0) is 12.3. The predicted molar refractivity (Wildman–Crippen MR) is 66.8 cm³/mol. The fraction of sp³-hybridized carbons (Fsp3) is 0.923. The molecule has 0 aliphatic carbocycles. The van der Waals surface area contributed by atoms with Crippen molar-refractivity contribution in [1.82, 2.24) is 10.2 Å². The molecule has 0 spiro atoms. The van der Waals surface area contributed by atoms with Crippen molar-refractivity contribution >= 4 is 5.91 Å². The van der Waals surface area contributed by atoms with Crippen LogP contribution in [0.1, 0.15) is 32.6 Å². The smallest absolute Gasteiger partial charge is 0.239 e. The Morgan fingerprint density at radius 1 is 1.41 bits per heavy atom. The minimum atomic E-state index is -0.0156. The predicted octanol–water partition coefficient (Wildman–Crippen LogP) is 1.01. The number of carbonyl (C=O) groups is 1. The largest absolute Gasteiger partial charge is 0.380 e. The first-order chi connectivity index (χ1) is 8.24. The third kappa shape index (κ3) is 2.99. The highest BCUT2D eigenvalue weighted by Crippen LogP contribution is 2.21. The van der Waals surface area contributed by atoms with Crippen LogP contribution >= 0.6 is 0 Å². The fourth-order valence-electron chi connectivity index (χ4n) is 2.85. The molecule has 2 heterocycles. The summed E-state index contributed by atoms with van der Waals surface area (Å²) in [5, 5.41) is 3.26. The van der Waals surface area contributed by atoms with Crippen LogP contribution in [0.15, 0.2) is 0 Å². The Bertz CT molecular complexity index is 262. The van der Waals surface area contributed by atoms with Crippen molar-refractivity contribution < 1.29 is 9.53 Å². The maximum Gasteiger partial charge on any atom is 0.239 e. The Balaban J connectivity index is 1.81. The zero-order valence-corrected chi connectivity index (χ0v) is 10.9. The number of ether oxygens (including phenoxy) is 1. The van der Waals surface area contributed by atoms with Gasteiger partial charge in [0.2, 0.25) is 5.91 Å². The second kappa shape index (κ2) is 5.83. The fourth-order valence-corrected chi connectivity index (χ4v) is 2.85. The molecule has 1 amide bonds. The summed E-state index contributed by atoms with van der Waals surface area (Å²) in [5.41, 5.74) is 0. The van der Waals surface area contributed by atoms with Crippen molar-refractivity contribution in [1.29, 1.82) is 0 Å². The molecular formula is C13H24N2O2. The van der Waals surface area contributed by atoms with Crippen molar-refractivity contribution in [2.75, 3.05) is 26.7 Å². The van der Waals surface area contributed by atoms with Crippen molar-refractivity contribution in [2.45, 2.75) is 44.8 Å². The number of hydrogen-bond donors (Lipinski definition) is 1. The summed E-state index contributed by atoms with van der Waals surface area (Å²) < 4.78 is 5.28. The lowest BCUT2D eigenvalue weighted by Crippen LogP contribution is -2.46. The van der Waals surface area contributed by atoms with Gasteiger partial charge in [-0.15, -0.1) is 0 Å². The van der Waals surface area contributed by atoms with Gasteiger partial charge < -0.3 is 15.0 Å². The molecule has 0 aromatic rings. The summed E-state index contributed by atoms with van der Waals surface area (Å²) in [4.78, 5) is 14.3. The highest BCUT2D eigenvalue weighted by Gasteiger charge is 2.33. The number of rotatable bonds is 3. The quantitative estimate of drug-likeness (QED) is 0.800. The average Bonchev–Trinajstić information content (AvgIpc) is 2.87. The lowest BCUT2D eigenvalue weighted by molar-refractivity contribution is -0.134.